The molecule has 0 aromatic heterocycles. The van der Waals surface area contributed by atoms with Crippen molar-refractivity contribution in [2.75, 3.05) is 40.4 Å². The summed E-state index contributed by atoms with van der Waals surface area (Å²) in [6.07, 6.45) is -4.30. The Morgan fingerprint density at radius 2 is 1.36 bits per heavy atom. The van der Waals surface area contributed by atoms with Crippen molar-refractivity contribution >= 4 is 0 Å². The van der Waals surface area contributed by atoms with Crippen molar-refractivity contribution in [1.29, 1.82) is 0 Å². The molecule has 1 aliphatic heterocycles. The molecule has 3 rings (SSSR count). The van der Waals surface area contributed by atoms with E-state index >= 15 is 0 Å². The first kappa shape index (κ1) is 20.5. The molecule has 7 heteroatoms. The summed E-state index contributed by atoms with van der Waals surface area (Å²) in [6.45, 7) is 4.80. The summed E-state index contributed by atoms with van der Waals surface area (Å²) in [7, 11) is 3.26. The molecule has 1 heterocycles. The van der Waals surface area contributed by atoms with E-state index in [4.69, 9.17) is 9.47 Å². The van der Waals surface area contributed by atoms with Crippen molar-refractivity contribution in [2.45, 2.75) is 19.3 Å². The van der Waals surface area contributed by atoms with Crippen LogP contribution in [0, 0.1) is 0 Å². The highest BCUT2D eigenvalue weighted by molar-refractivity contribution is 5.38. The summed E-state index contributed by atoms with van der Waals surface area (Å²) in [4.78, 5) is 2.62. The lowest BCUT2D eigenvalue weighted by molar-refractivity contribution is -1.02. The molecular weight excluding hydrogens is 369 g/mol. The van der Waals surface area contributed by atoms with Gasteiger partial charge >= 0.3 is 6.18 Å². The largest absolute Gasteiger partial charge is 0.497 e. The Morgan fingerprint density at radius 1 is 0.821 bits per heavy atom. The van der Waals surface area contributed by atoms with Gasteiger partial charge in [0.15, 0.2) is 0 Å². The van der Waals surface area contributed by atoms with Gasteiger partial charge in [-0.3, -0.25) is 0 Å². The van der Waals surface area contributed by atoms with Crippen molar-refractivity contribution in [2.24, 2.45) is 0 Å². The average molecular weight is 396 g/mol. The monoisotopic (exact) mass is 396 g/mol. The molecule has 0 unspecified atom stereocenters. The summed E-state index contributed by atoms with van der Waals surface area (Å²) in [5.74, 6) is 1.53. The summed E-state index contributed by atoms with van der Waals surface area (Å²) >= 11 is 0. The summed E-state index contributed by atoms with van der Waals surface area (Å²) < 4.78 is 50.2. The smallest absolute Gasteiger partial charge is 0.416 e. The van der Waals surface area contributed by atoms with E-state index in [1.165, 1.54) is 21.9 Å². The fourth-order valence-electron chi connectivity index (χ4n) is 3.79. The standard InChI is InChI=1S/C21H25F3N2O2/c1-27-18-11-16(12-19(13-18)28-2)14-25-7-9-26(10-8-25)15-17-5-3-4-6-20(17)21(22,23)24/h3-6,11-13H,7-10,14-15H2,1-2H3/p+2. The maximum Gasteiger partial charge on any atom is 0.416 e. The van der Waals surface area contributed by atoms with Crippen molar-refractivity contribution in [3.05, 3.63) is 59.2 Å². The number of benzene rings is 2. The van der Waals surface area contributed by atoms with E-state index in [2.05, 4.69) is 0 Å². The number of hydrogen-bond acceptors (Lipinski definition) is 2. The second-order valence-corrected chi connectivity index (χ2v) is 7.23. The molecule has 0 amide bonds. The summed E-state index contributed by atoms with van der Waals surface area (Å²) in [5, 5.41) is 0. The van der Waals surface area contributed by atoms with Crippen LogP contribution in [0.25, 0.3) is 0 Å². The molecule has 152 valence electrons. The van der Waals surface area contributed by atoms with Crippen LogP contribution in [-0.4, -0.2) is 40.4 Å². The van der Waals surface area contributed by atoms with E-state index in [1.54, 1.807) is 26.4 Å². The average Bonchev–Trinajstić information content (AvgIpc) is 2.68. The maximum atomic E-state index is 13.2. The second-order valence-electron chi connectivity index (χ2n) is 7.23. The van der Waals surface area contributed by atoms with E-state index in [0.717, 1.165) is 49.8 Å². The number of piperazine rings is 1. The number of halogens is 3. The van der Waals surface area contributed by atoms with E-state index < -0.39 is 11.7 Å². The Labute approximate surface area is 163 Å². The fraction of sp³-hybridized carbons (Fsp3) is 0.429. The van der Waals surface area contributed by atoms with Crippen LogP contribution in [0.15, 0.2) is 42.5 Å². The molecule has 2 N–H and O–H groups in total. The van der Waals surface area contributed by atoms with Gasteiger partial charge in [-0.25, -0.2) is 0 Å². The predicted molar refractivity (Wildman–Crippen MR) is 99.8 cm³/mol. The molecule has 0 atom stereocenters. The van der Waals surface area contributed by atoms with Gasteiger partial charge in [-0.2, -0.15) is 13.2 Å². The third-order valence-corrected chi connectivity index (χ3v) is 5.29. The van der Waals surface area contributed by atoms with Crippen LogP contribution in [0.1, 0.15) is 16.7 Å². The zero-order valence-electron chi connectivity index (χ0n) is 16.2. The first-order valence-corrected chi connectivity index (χ1v) is 9.43. The number of alkyl halides is 3. The fourth-order valence-corrected chi connectivity index (χ4v) is 3.79. The molecule has 2 aromatic carbocycles. The molecule has 1 fully saturated rings. The normalized spacial score (nSPS) is 20.0. The molecule has 4 nitrogen and oxygen atoms in total. The van der Waals surface area contributed by atoms with Crippen molar-refractivity contribution in [1.82, 2.24) is 0 Å². The highest BCUT2D eigenvalue weighted by Gasteiger charge is 2.34. The molecule has 2 aromatic rings. The molecule has 0 spiro atoms. The van der Waals surface area contributed by atoms with Gasteiger partial charge in [-0.05, 0) is 18.2 Å². The summed E-state index contributed by atoms with van der Waals surface area (Å²) in [6, 6.07) is 11.8. The van der Waals surface area contributed by atoms with E-state index in [0.29, 0.717) is 12.1 Å². The van der Waals surface area contributed by atoms with Gasteiger partial charge in [0.05, 0.1) is 19.8 Å². The summed E-state index contributed by atoms with van der Waals surface area (Å²) in [5.41, 5.74) is 1.00. The van der Waals surface area contributed by atoms with Gasteiger partial charge in [0, 0.05) is 17.2 Å². The van der Waals surface area contributed by atoms with Crippen molar-refractivity contribution < 1.29 is 32.4 Å². The Kier molecular flexibility index (Phi) is 6.46. The SMILES string of the molecule is COc1cc(C[NH+]2CC[NH+](Cc3ccccc3C(F)(F)F)CC2)cc(OC)c1. The lowest BCUT2D eigenvalue weighted by Crippen LogP contribution is -3.27. The van der Waals surface area contributed by atoms with Crippen LogP contribution < -0.4 is 19.3 Å². The van der Waals surface area contributed by atoms with Gasteiger partial charge in [-0.15, -0.1) is 0 Å². The van der Waals surface area contributed by atoms with Crippen LogP contribution in [0.3, 0.4) is 0 Å². The van der Waals surface area contributed by atoms with Gasteiger partial charge in [0.25, 0.3) is 0 Å². The third-order valence-electron chi connectivity index (χ3n) is 5.29. The zero-order valence-corrected chi connectivity index (χ0v) is 16.2. The number of methoxy groups -OCH3 is 2. The third kappa shape index (κ3) is 5.17. The molecule has 28 heavy (non-hydrogen) atoms. The number of nitrogens with one attached hydrogen (secondary N) is 2. The first-order valence-electron chi connectivity index (χ1n) is 9.43. The van der Waals surface area contributed by atoms with Crippen LogP contribution in [0.4, 0.5) is 13.2 Å². The Bertz CT molecular complexity index is 765. The first-order chi connectivity index (χ1) is 13.4. The Morgan fingerprint density at radius 3 is 1.89 bits per heavy atom. The molecule has 0 bridgehead atoms. The van der Waals surface area contributed by atoms with Crippen LogP contribution in [0.2, 0.25) is 0 Å². The molecule has 0 radical (unpaired) electrons. The van der Waals surface area contributed by atoms with Crippen molar-refractivity contribution in [3.8, 4) is 11.5 Å². The molecule has 0 aliphatic carbocycles. The Balaban J connectivity index is 1.59. The van der Waals surface area contributed by atoms with E-state index in [9.17, 15) is 13.2 Å². The van der Waals surface area contributed by atoms with E-state index in [-0.39, 0.29) is 0 Å². The highest BCUT2D eigenvalue weighted by atomic mass is 19.4. The minimum atomic E-state index is -4.30. The minimum Gasteiger partial charge on any atom is -0.497 e. The Hall–Kier alpha value is -2.25. The second kappa shape index (κ2) is 8.84. The quantitative estimate of drug-likeness (QED) is 0.768. The number of ether oxygens (including phenoxy) is 2. The predicted octanol–water partition coefficient (Wildman–Crippen LogP) is 1.21. The number of hydrogen-bond donors (Lipinski definition) is 2. The van der Waals surface area contributed by atoms with Crippen molar-refractivity contribution in [3.63, 3.8) is 0 Å². The van der Waals surface area contributed by atoms with Crippen LogP contribution in [-0.2, 0) is 19.3 Å². The molecular formula is C21H27F3N2O2+2. The van der Waals surface area contributed by atoms with Crippen LogP contribution >= 0.6 is 0 Å². The lowest BCUT2D eigenvalue weighted by atomic mass is 10.1. The van der Waals surface area contributed by atoms with Gasteiger partial charge in [-0.1, -0.05) is 18.2 Å². The number of quaternary nitrogens is 2. The van der Waals surface area contributed by atoms with E-state index in [1.807, 2.05) is 18.2 Å². The van der Waals surface area contributed by atoms with Gasteiger partial charge < -0.3 is 19.3 Å². The molecule has 1 aliphatic rings. The number of rotatable bonds is 6. The lowest BCUT2D eigenvalue weighted by Gasteiger charge is -2.30. The van der Waals surface area contributed by atoms with Gasteiger partial charge in [0.2, 0.25) is 0 Å². The molecule has 1 saturated heterocycles. The molecule has 0 saturated carbocycles. The zero-order chi connectivity index (χ0) is 20.1. The maximum absolute atomic E-state index is 13.2. The van der Waals surface area contributed by atoms with Gasteiger partial charge in [0.1, 0.15) is 50.8 Å². The highest BCUT2D eigenvalue weighted by Crippen LogP contribution is 2.31. The van der Waals surface area contributed by atoms with Crippen LogP contribution in [0.5, 0.6) is 11.5 Å². The topological polar surface area (TPSA) is 27.3 Å². The minimum absolute atomic E-state index is 0.381.